The van der Waals surface area contributed by atoms with Crippen LogP contribution in [0.1, 0.15) is 291 Å². The fraction of sp³-hybridized carbons (Fsp3) is 0.942. The van der Waals surface area contributed by atoms with Crippen LogP contribution in [0.4, 0.5) is 0 Å². The highest BCUT2D eigenvalue weighted by Crippen LogP contribution is 2.17. The predicted octanol–water partition coefficient (Wildman–Crippen LogP) is 16.7. The standard InChI is InChI=1S/C52H100O6/c1-5-7-9-11-13-15-16-17-18-19-20-21-22-23-28-32-36-40-44-51(54)57-47-49(46-56-50(53)43-39-35-31-26-14-12-10-8-6-2)58-52(55)45-41-37-33-29-25-24-27-30-34-38-42-48(3)4/h48-49H,5-47H2,1-4H3/t49-/m0/s1. The number of carbonyl (C=O) groups is 3. The van der Waals surface area contributed by atoms with Crippen molar-refractivity contribution in [2.24, 2.45) is 5.92 Å². The lowest BCUT2D eigenvalue weighted by Crippen LogP contribution is -2.30. The van der Waals surface area contributed by atoms with Gasteiger partial charge in [-0.2, -0.15) is 0 Å². The maximum absolute atomic E-state index is 12.8. The molecule has 0 fully saturated rings. The van der Waals surface area contributed by atoms with E-state index in [4.69, 9.17) is 14.2 Å². The van der Waals surface area contributed by atoms with Crippen LogP contribution < -0.4 is 0 Å². The number of hydrogen-bond acceptors (Lipinski definition) is 6. The molecule has 0 rings (SSSR count). The topological polar surface area (TPSA) is 78.9 Å². The van der Waals surface area contributed by atoms with Gasteiger partial charge in [-0.25, -0.2) is 0 Å². The Morgan fingerprint density at radius 3 is 0.845 bits per heavy atom. The number of unbranched alkanes of at least 4 members (excludes halogenated alkanes) is 34. The molecule has 0 saturated heterocycles. The lowest BCUT2D eigenvalue weighted by Gasteiger charge is -2.18. The molecule has 1 atom stereocenters. The first kappa shape index (κ1) is 56.4. The first-order valence-electron chi connectivity index (χ1n) is 25.9. The van der Waals surface area contributed by atoms with Gasteiger partial charge in [-0.3, -0.25) is 14.4 Å². The molecule has 0 spiro atoms. The van der Waals surface area contributed by atoms with Crippen LogP contribution in [0.3, 0.4) is 0 Å². The zero-order valence-electron chi connectivity index (χ0n) is 39.5. The first-order valence-corrected chi connectivity index (χ1v) is 25.9. The SMILES string of the molecule is CCCCCCCCCCCCCCCCCCCCC(=O)OC[C@H](COC(=O)CCCCCCCCCCC)OC(=O)CCCCCCCCCCCCC(C)C. The third-order valence-electron chi connectivity index (χ3n) is 11.8. The average molecular weight is 821 g/mol. The molecular weight excluding hydrogens is 721 g/mol. The summed E-state index contributed by atoms with van der Waals surface area (Å²) in [5.74, 6) is -0.0321. The monoisotopic (exact) mass is 821 g/mol. The number of ether oxygens (including phenoxy) is 3. The summed E-state index contributed by atoms with van der Waals surface area (Å²) in [6.45, 7) is 9.00. The molecule has 0 N–H and O–H groups in total. The Labute approximate surface area is 361 Å². The maximum Gasteiger partial charge on any atom is 0.306 e. The van der Waals surface area contributed by atoms with Crippen molar-refractivity contribution < 1.29 is 28.6 Å². The van der Waals surface area contributed by atoms with Gasteiger partial charge < -0.3 is 14.2 Å². The summed E-state index contributed by atoms with van der Waals surface area (Å²) in [6.07, 6.45) is 48.1. The summed E-state index contributed by atoms with van der Waals surface area (Å²) < 4.78 is 16.8. The third kappa shape index (κ3) is 45.5. The van der Waals surface area contributed by atoms with Gasteiger partial charge >= 0.3 is 17.9 Å². The van der Waals surface area contributed by atoms with Gasteiger partial charge in [-0.15, -0.1) is 0 Å². The van der Waals surface area contributed by atoms with E-state index in [1.807, 2.05) is 0 Å². The minimum Gasteiger partial charge on any atom is -0.462 e. The van der Waals surface area contributed by atoms with Gasteiger partial charge in [0.15, 0.2) is 6.10 Å². The predicted molar refractivity (Wildman–Crippen MR) is 247 cm³/mol. The van der Waals surface area contributed by atoms with Crippen LogP contribution in [0.5, 0.6) is 0 Å². The van der Waals surface area contributed by atoms with Gasteiger partial charge in [0, 0.05) is 19.3 Å². The molecule has 0 aromatic heterocycles. The lowest BCUT2D eigenvalue weighted by atomic mass is 10.0. The molecule has 6 heteroatoms. The number of carbonyl (C=O) groups excluding carboxylic acids is 3. The van der Waals surface area contributed by atoms with Crippen molar-refractivity contribution in [1.29, 1.82) is 0 Å². The average Bonchev–Trinajstić information content (AvgIpc) is 3.21. The second-order valence-electron chi connectivity index (χ2n) is 18.3. The molecule has 0 radical (unpaired) electrons. The fourth-order valence-corrected chi connectivity index (χ4v) is 7.86. The highest BCUT2D eigenvalue weighted by atomic mass is 16.6. The van der Waals surface area contributed by atoms with E-state index in [0.29, 0.717) is 19.3 Å². The van der Waals surface area contributed by atoms with Gasteiger partial charge in [-0.1, -0.05) is 252 Å². The molecular formula is C52H100O6. The first-order chi connectivity index (χ1) is 28.4. The van der Waals surface area contributed by atoms with Crippen molar-refractivity contribution >= 4 is 17.9 Å². The van der Waals surface area contributed by atoms with Crippen molar-refractivity contribution in [2.75, 3.05) is 13.2 Å². The summed E-state index contributed by atoms with van der Waals surface area (Å²) >= 11 is 0. The molecule has 0 amide bonds. The molecule has 6 nitrogen and oxygen atoms in total. The molecule has 0 heterocycles. The summed E-state index contributed by atoms with van der Waals surface area (Å²) in [7, 11) is 0. The molecule has 0 saturated carbocycles. The fourth-order valence-electron chi connectivity index (χ4n) is 7.86. The second kappa shape index (κ2) is 46.5. The van der Waals surface area contributed by atoms with Crippen LogP contribution in [0.25, 0.3) is 0 Å². The molecule has 0 aliphatic carbocycles. The van der Waals surface area contributed by atoms with E-state index in [9.17, 15) is 14.4 Å². The number of rotatable bonds is 47. The van der Waals surface area contributed by atoms with Gasteiger partial charge in [0.05, 0.1) is 0 Å². The molecule has 0 aromatic carbocycles. The summed E-state index contributed by atoms with van der Waals surface area (Å²) in [5, 5.41) is 0. The van der Waals surface area contributed by atoms with Crippen LogP contribution >= 0.6 is 0 Å². The Bertz CT molecular complexity index is 872. The zero-order chi connectivity index (χ0) is 42.4. The van der Waals surface area contributed by atoms with Gasteiger partial charge in [0.1, 0.15) is 13.2 Å². The number of esters is 3. The Morgan fingerprint density at radius 2 is 0.569 bits per heavy atom. The van der Waals surface area contributed by atoms with E-state index in [0.717, 1.165) is 63.7 Å². The minimum absolute atomic E-state index is 0.0631. The maximum atomic E-state index is 12.8. The highest BCUT2D eigenvalue weighted by Gasteiger charge is 2.19. The van der Waals surface area contributed by atoms with E-state index in [2.05, 4.69) is 27.7 Å². The van der Waals surface area contributed by atoms with E-state index >= 15 is 0 Å². The normalized spacial score (nSPS) is 11.9. The second-order valence-corrected chi connectivity index (χ2v) is 18.3. The van der Waals surface area contributed by atoms with Crippen LogP contribution in [0, 0.1) is 5.92 Å². The largest absolute Gasteiger partial charge is 0.462 e. The Morgan fingerprint density at radius 1 is 0.328 bits per heavy atom. The van der Waals surface area contributed by atoms with Crippen molar-refractivity contribution in [3.63, 3.8) is 0 Å². The minimum atomic E-state index is -0.760. The van der Waals surface area contributed by atoms with Crippen LogP contribution in [-0.2, 0) is 28.6 Å². The molecule has 344 valence electrons. The molecule has 0 aliphatic heterocycles. The molecule has 58 heavy (non-hydrogen) atoms. The van der Waals surface area contributed by atoms with Crippen molar-refractivity contribution in [1.82, 2.24) is 0 Å². The Hall–Kier alpha value is -1.59. The van der Waals surface area contributed by atoms with E-state index < -0.39 is 6.10 Å². The van der Waals surface area contributed by atoms with Crippen LogP contribution in [-0.4, -0.2) is 37.2 Å². The van der Waals surface area contributed by atoms with Crippen LogP contribution in [0.2, 0.25) is 0 Å². The van der Waals surface area contributed by atoms with Gasteiger partial charge in [0.2, 0.25) is 0 Å². The Balaban J connectivity index is 4.23. The van der Waals surface area contributed by atoms with Gasteiger partial charge in [0.25, 0.3) is 0 Å². The summed E-state index contributed by atoms with van der Waals surface area (Å²) in [5.41, 5.74) is 0. The van der Waals surface area contributed by atoms with Crippen molar-refractivity contribution in [3.8, 4) is 0 Å². The van der Waals surface area contributed by atoms with Gasteiger partial charge in [-0.05, 0) is 25.2 Å². The van der Waals surface area contributed by atoms with E-state index in [1.54, 1.807) is 0 Å². The van der Waals surface area contributed by atoms with E-state index in [-0.39, 0.29) is 31.1 Å². The summed E-state index contributed by atoms with van der Waals surface area (Å²) in [6, 6.07) is 0. The smallest absolute Gasteiger partial charge is 0.306 e. The molecule has 0 aliphatic rings. The third-order valence-corrected chi connectivity index (χ3v) is 11.8. The molecule has 0 bridgehead atoms. The van der Waals surface area contributed by atoms with Crippen LogP contribution in [0.15, 0.2) is 0 Å². The zero-order valence-corrected chi connectivity index (χ0v) is 39.5. The molecule has 0 unspecified atom stereocenters. The molecule has 0 aromatic rings. The van der Waals surface area contributed by atoms with Crippen molar-refractivity contribution in [2.45, 2.75) is 297 Å². The summed E-state index contributed by atoms with van der Waals surface area (Å²) in [4.78, 5) is 37.8. The highest BCUT2D eigenvalue weighted by molar-refractivity contribution is 5.71. The van der Waals surface area contributed by atoms with E-state index in [1.165, 1.54) is 186 Å². The quantitative estimate of drug-likeness (QED) is 0.0346. The van der Waals surface area contributed by atoms with Crippen molar-refractivity contribution in [3.05, 3.63) is 0 Å². The lowest BCUT2D eigenvalue weighted by molar-refractivity contribution is -0.167. The Kier molecular flexibility index (Phi) is 45.2. The number of hydrogen-bond donors (Lipinski definition) is 0.